The van der Waals surface area contributed by atoms with Crippen molar-refractivity contribution in [3.8, 4) is 0 Å². The van der Waals surface area contributed by atoms with E-state index in [2.05, 4.69) is 28.9 Å². The van der Waals surface area contributed by atoms with Crippen LogP contribution in [-0.2, 0) is 0 Å². The van der Waals surface area contributed by atoms with Crippen LogP contribution < -0.4 is 0 Å². The van der Waals surface area contributed by atoms with Gasteiger partial charge >= 0.3 is 0 Å². The number of halogens is 1. The minimum atomic E-state index is -0.651. The molecule has 3 atom stereocenters. The zero-order valence-corrected chi connectivity index (χ0v) is 11.4. The molecule has 15 heavy (non-hydrogen) atoms. The molecule has 0 aliphatic heterocycles. The smallest absolute Gasteiger partial charge is 0.0802 e. The van der Waals surface area contributed by atoms with Crippen LogP contribution in [0.3, 0.4) is 0 Å². The van der Waals surface area contributed by atoms with E-state index in [1.165, 1.54) is 4.88 Å². The average molecular weight is 293 g/mol. The Hall–Kier alpha value is 0.1000. The molecule has 1 rings (SSSR count). The number of aliphatic hydroxyl groups is 2. The molecule has 0 aromatic carbocycles. The van der Waals surface area contributed by atoms with Gasteiger partial charge in [0.1, 0.15) is 0 Å². The Kier molecular flexibility index (Phi) is 5.26. The molecule has 0 saturated carbocycles. The molecular weight excluding hydrogens is 276 g/mol. The standard InChI is InChI=1S/C11H17BrO2S/c1-3-8(6-9(14)7(2)13)10-4-5-11(12)15-10/h4-5,7-9,13-14H,3,6H2,1-2H3. The van der Waals surface area contributed by atoms with Crippen molar-refractivity contribution in [1.82, 2.24) is 0 Å². The van der Waals surface area contributed by atoms with Crippen molar-refractivity contribution in [1.29, 1.82) is 0 Å². The Morgan fingerprint density at radius 3 is 2.47 bits per heavy atom. The Morgan fingerprint density at radius 2 is 2.07 bits per heavy atom. The van der Waals surface area contributed by atoms with E-state index in [1.807, 2.05) is 6.07 Å². The van der Waals surface area contributed by atoms with Crippen molar-refractivity contribution < 1.29 is 10.2 Å². The van der Waals surface area contributed by atoms with Gasteiger partial charge in [0.2, 0.25) is 0 Å². The Balaban J connectivity index is 2.64. The third-order valence-electron chi connectivity index (χ3n) is 2.57. The lowest BCUT2D eigenvalue weighted by atomic mass is 9.95. The first-order valence-electron chi connectivity index (χ1n) is 5.16. The SMILES string of the molecule is CCC(CC(O)C(C)O)c1ccc(Br)s1. The molecule has 0 aliphatic rings. The molecule has 86 valence electrons. The molecule has 1 aromatic rings. The highest BCUT2D eigenvalue weighted by molar-refractivity contribution is 9.11. The fourth-order valence-electron chi connectivity index (χ4n) is 1.52. The number of hydrogen-bond donors (Lipinski definition) is 2. The second-order valence-electron chi connectivity index (χ2n) is 3.79. The minimum Gasteiger partial charge on any atom is -0.391 e. The Labute approximate surface area is 103 Å². The first-order chi connectivity index (χ1) is 7.04. The monoisotopic (exact) mass is 292 g/mol. The summed E-state index contributed by atoms with van der Waals surface area (Å²) in [7, 11) is 0. The number of thiophene rings is 1. The minimum absolute atomic E-state index is 0.339. The third-order valence-corrected chi connectivity index (χ3v) is 4.36. The highest BCUT2D eigenvalue weighted by Crippen LogP contribution is 2.33. The van der Waals surface area contributed by atoms with Crippen LogP contribution in [0.2, 0.25) is 0 Å². The highest BCUT2D eigenvalue weighted by Gasteiger charge is 2.19. The van der Waals surface area contributed by atoms with Crippen LogP contribution in [0.4, 0.5) is 0 Å². The molecule has 0 bridgehead atoms. The van der Waals surface area contributed by atoms with Crippen LogP contribution in [0.25, 0.3) is 0 Å². The molecular formula is C11H17BrO2S. The van der Waals surface area contributed by atoms with Gasteiger partial charge in [-0.1, -0.05) is 6.92 Å². The van der Waals surface area contributed by atoms with Gasteiger partial charge in [-0.2, -0.15) is 0 Å². The zero-order chi connectivity index (χ0) is 11.4. The maximum atomic E-state index is 9.64. The molecule has 0 spiro atoms. The van der Waals surface area contributed by atoms with Crippen LogP contribution in [0.5, 0.6) is 0 Å². The molecule has 1 aromatic heterocycles. The van der Waals surface area contributed by atoms with Crippen LogP contribution in [0.1, 0.15) is 37.5 Å². The maximum absolute atomic E-state index is 9.64. The Bertz CT molecular complexity index is 299. The zero-order valence-electron chi connectivity index (χ0n) is 8.98. The van der Waals surface area contributed by atoms with Gasteiger partial charge in [0.15, 0.2) is 0 Å². The Morgan fingerprint density at radius 1 is 1.40 bits per heavy atom. The quantitative estimate of drug-likeness (QED) is 0.875. The van der Waals surface area contributed by atoms with E-state index in [9.17, 15) is 10.2 Å². The van der Waals surface area contributed by atoms with Gasteiger partial charge < -0.3 is 10.2 Å². The molecule has 4 heteroatoms. The second kappa shape index (κ2) is 5.99. The van der Waals surface area contributed by atoms with E-state index in [-0.39, 0.29) is 0 Å². The predicted octanol–water partition coefficient (Wildman–Crippen LogP) is 3.14. The van der Waals surface area contributed by atoms with Crippen LogP contribution >= 0.6 is 27.3 Å². The van der Waals surface area contributed by atoms with Crippen molar-refractivity contribution in [2.75, 3.05) is 0 Å². The molecule has 0 amide bonds. The van der Waals surface area contributed by atoms with Gasteiger partial charge in [0.25, 0.3) is 0 Å². The second-order valence-corrected chi connectivity index (χ2v) is 6.29. The van der Waals surface area contributed by atoms with Crippen molar-refractivity contribution in [3.63, 3.8) is 0 Å². The van der Waals surface area contributed by atoms with Crippen molar-refractivity contribution in [3.05, 3.63) is 20.8 Å². The van der Waals surface area contributed by atoms with E-state index >= 15 is 0 Å². The molecule has 2 N–H and O–H groups in total. The molecule has 0 radical (unpaired) electrons. The van der Waals surface area contributed by atoms with E-state index in [0.717, 1.165) is 10.2 Å². The largest absolute Gasteiger partial charge is 0.391 e. The average Bonchev–Trinajstić information content (AvgIpc) is 2.60. The lowest BCUT2D eigenvalue weighted by molar-refractivity contribution is 0.0217. The summed E-state index contributed by atoms with van der Waals surface area (Å²) in [6.45, 7) is 3.73. The molecule has 0 saturated heterocycles. The van der Waals surface area contributed by atoms with Crippen molar-refractivity contribution in [2.24, 2.45) is 0 Å². The number of rotatable bonds is 5. The summed E-state index contributed by atoms with van der Waals surface area (Å²) in [5.41, 5.74) is 0. The van der Waals surface area contributed by atoms with Crippen molar-refractivity contribution in [2.45, 2.75) is 44.8 Å². The highest BCUT2D eigenvalue weighted by atomic mass is 79.9. The summed E-state index contributed by atoms with van der Waals surface area (Å²) in [6, 6.07) is 4.11. The van der Waals surface area contributed by atoms with Crippen LogP contribution in [0.15, 0.2) is 15.9 Å². The van der Waals surface area contributed by atoms with E-state index < -0.39 is 12.2 Å². The molecule has 3 unspecified atom stereocenters. The molecule has 0 fully saturated rings. The number of hydrogen-bond acceptors (Lipinski definition) is 3. The van der Waals surface area contributed by atoms with E-state index in [0.29, 0.717) is 12.3 Å². The van der Waals surface area contributed by atoms with Gasteiger partial charge in [-0.3, -0.25) is 0 Å². The van der Waals surface area contributed by atoms with Gasteiger partial charge in [0, 0.05) is 4.88 Å². The summed E-state index contributed by atoms with van der Waals surface area (Å²) in [6.07, 6.45) is 0.330. The summed E-state index contributed by atoms with van der Waals surface area (Å²) in [5.74, 6) is 0.339. The van der Waals surface area contributed by atoms with Gasteiger partial charge in [0.05, 0.1) is 16.0 Å². The first kappa shape index (κ1) is 13.2. The van der Waals surface area contributed by atoms with Crippen LogP contribution in [-0.4, -0.2) is 22.4 Å². The van der Waals surface area contributed by atoms with Gasteiger partial charge in [-0.25, -0.2) is 0 Å². The number of aliphatic hydroxyl groups excluding tert-OH is 2. The fourth-order valence-corrected chi connectivity index (χ4v) is 3.14. The topological polar surface area (TPSA) is 40.5 Å². The van der Waals surface area contributed by atoms with Crippen molar-refractivity contribution >= 4 is 27.3 Å². The molecule has 2 nitrogen and oxygen atoms in total. The summed E-state index contributed by atoms with van der Waals surface area (Å²) < 4.78 is 1.11. The molecule has 0 aliphatic carbocycles. The summed E-state index contributed by atoms with van der Waals surface area (Å²) in [4.78, 5) is 1.27. The lowest BCUT2D eigenvalue weighted by Crippen LogP contribution is -2.24. The fraction of sp³-hybridized carbons (Fsp3) is 0.636. The normalized spacial score (nSPS) is 17.4. The van der Waals surface area contributed by atoms with Gasteiger partial charge in [-0.05, 0) is 53.7 Å². The van der Waals surface area contributed by atoms with Gasteiger partial charge in [-0.15, -0.1) is 11.3 Å². The third kappa shape index (κ3) is 3.87. The summed E-state index contributed by atoms with van der Waals surface area (Å²) >= 11 is 5.13. The molecule has 1 heterocycles. The van der Waals surface area contributed by atoms with Crippen LogP contribution in [0, 0.1) is 0 Å². The first-order valence-corrected chi connectivity index (χ1v) is 6.77. The lowest BCUT2D eigenvalue weighted by Gasteiger charge is -2.19. The van der Waals surface area contributed by atoms with E-state index in [1.54, 1.807) is 18.3 Å². The summed E-state index contributed by atoms with van der Waals surface area (Å²) in [5, 5.41) is 18.9. The predicted molar refractivity (Wildman–Crippen MR) is 67.4 cm³/mol. The maximum Gasteiger partial charge on any atom is 0.0802 e. The van der Waals surface area contributed by atoms with E-state index in [4.69, 9.17) is 0 Å².